The number of aryl methyl sites for hydroxylation is 1. The molecule has 0 unspecified atom stereocenters. The number of hydrogen-bond acceptors (Lipinski definition) is 2. The molecule has 0 radical (unpaired) electrons. The van der Waals surface area contributed by atoms with Crippen LogP contribution >= 0.6 is 11.6 Å². The second kappa shape index (κ2) is 6.50. The third-order valence-electron chi connectivity index (χ3n) is 3.11. The van der Waals surface area contributed by atoms with E-state index in [2.05, 4.69) is 38.2 Å². The lowest BCUT2D eigenvalue weighted by molar-refractivity contribution is 0.424. The molecule has 0 aliphatic heterocycles. The second-order valence-electron chi connectivity index (χ2n) is 6.26. The zero-order valence-corrected chi connectivity index (χ0v) is 13.8. The summed E-state index contributed by atoms with van der Waals surface area (Å²) in [5.41, 5.74) is 2.38. The second-order valence-corrected chi connectivity index (χ2v) is 6.67. The first-order chi connectivity index (χ1) is 9.83. The van der Waals surface area contributed by atoms with Crippen LogP contribution in [0.2, 0.25) is 5.02 Å². The van der Waals surface area contributed by atoms with Crippen LogP contribution in [0.15, 0.2) is 42.5 Å². The van der Waals surface area contributed by atoms with Gasteiger partial charge < -0.3 is 10.1 Å². The van der Waals surface area contributed by atoms with E-state index in [1.54, 1.807) is 0 Å². The Labute approximate surface area is 132 Å². The molecule has 2 aromatic rings. The van der Waals surface area contributed by atoms with Gasteiger partial charge in [-0.15, -0.1) is 0 Å². The Hall–Kier alpha value is -1.51. The van der Waals surface area contributed by atoms with E-state index < -0.39 is 0 Å². The third-order valence-corrected chi connectivity index (χ3v) is 3.54. The van der Waals surface area contributed by atoms with Crippen LogP contribution in [-0.2, 0) is 6.54 Å². The Kier molecular flexibility index (Phi) is 4.92. The number of ether oxygens (including phenoxy) is 1. The van der Waals surface area contributed by atoms with Crippen LogP contribution in [-0.4, -0.2) is 5.54 Å². The fourth-order valence-electron chi connectivity index (χ4n) is 1.86. The topological polar surface area (TPSA) is 21.3 Å². The lowest BCUT2D eigenvalue weighted by atomic mass is 10.1. The minimum Gasteiger partial charge on any atom is -0.457 e. The average Bonchev–Trinajstić information content (AvgIpc) is 2.41. The first kappa shape index (κ1) is 15.9. The predicted molar refractivity (Wildman–Crippen MR) is 89.3 cm³/mol. The molecule has 0 saturated heterocycles. The van der Waals surface area contributed by atoms with E-state index in [1.165, 1.54) is 5.56 Å². The van der Waals surface area contributed by atoms with Gasteiger partial charge in [-0.1, -0.05) is 23.7 Å². The van der Waals surface area contributed by atoms with Crippen molar-refractivity contribution >= 4 is 11.6 Å². The van der Waals surface area contributed by atoms with Crippen LogP contribution in [0.5, 0.6) is 11.5 Å². The van der Waals surface area contributed by atoms with Crippen molar-refractivity contribution in [2.75, 3.05) is 0 Å². The largest absolute Gasteiger partial charge is 0.457 e. The summed E-state index contributed by atoms with van der Waals surface area (Å²) < 4.78 is 5.84. The van der Waals surface area contributed by atoms with Crippen LogP contribution in [0.3, 0.4) is 0 Å². The van der Waals surface area contributed by atoms with Crippen molar-refractivity contribution in [1.29, 1.82) is 0 Å². The average molecular weight is 304 g/mol. The molecule has 0 bridgehead atoms. The monoisotopic (exact) mass is 303 g/mol. The van der Waals surface area contributed by atoms with E-state index in [0.29, 0.717) is 0 Å². The van der Waals surface area contributed by atoms with Gasteiger partial charge in [-0.05, 0) is 69.2 Å². The molecule has 21 heavy (non-hydrogen) atoms. The number of nitrogens with one attached hydrogen (secondary N) is 1. The minimum atomic E-state index is 0.121. The third kappa shape index (κ3) is 5.07. The zero-order valence-electron chi connectivity index (χ0n) is 13.0. The first-order valence-corrected chi connectivity index (χ1v) is 7.49. The molecule has 1 N–H and O–H groups in total. The van der Waals surface area contributed by atoms with Gasteiger partial charge in [0.25, 0.3) is 0 Å². The standard InChI is InChI=1S/C18H22ClNO/c1-13-11-16(9-10-17(13)19)21-15-7-5-14(6-8-15)12-20-18(2,3)4/h5-11,20H,12H2,1-4H3. The van der Waals surface area contributed by atoms with Crippen molar-refractivity contribution in [2.24, 2.45) is 0 Å². The zero-order chi connectivity index (χ0) is 15.5. The molecule has 112 valence electrons. The van der Waals surface area contributed by atoms with Gasteiger partial charge in [-0.3, -0.25) is 0 Å². The fraction of sp³-hybridized carbons (Fsp3) is 0.333. The molecule has 0 aliphatic carbocycles. The van der Waals surface area contributed by atoms with Crippen LogP contribution < -0.4 is 10.1 Å². The summed E-state index contributed by atoms with van der Waals surface area (Å²) in [6, 6.07) is 13.8. The fourth-order valence-corrected chi connectivity index (χ4v) is 1.98. The molecular weight excluding hydrogens is 282 g/mol. The maximum Gasteiger partial charge on any atom is 0.127 e. The van der Waals surface area contributed by atoms with E-state index in [9.17, 15) is 0 Å². The van der Waals surface area contributed by atoms with E-state index in [0.717, 1.165) is 28.6 Å². The van der Waals surface area contributed by atoms with Gasteiger partial charge in [0, 0.05) is 17.1 Å². The molecule has 0 spiro atoms. The molecule has 3 heteroatoms. The Morgan fingerprint density at radius 2 is 1.62 bits per heavy atom. The summed E-state index contributed by atoms with van der Waals surface area (Å²) in [4.78, 5) is 0. The summed E-state index contributed by atoms with van der Waals surface area (Å²) in [5, 5.41) is 4.22. The number of benzene rings is 2. The minimum absolute atomic E-state index is 0.121. The van der Waals surface area contributed by atoms with E-state index in [1.807, 2.05) is 37.3 Å². The van der Waals surface area contributed by atoms with Crippen LogP contribution in [0.1, 0.15) is 31.9 Å². The van der Waals surface area contributed by atoms with Crippen LogP contribution in [0.4, 0.5) is 0 Å². The molecular formula is C18H22ClNO. The summed E-state index contributed by atoms with van der Waals surface area (Å²) in [6.07, 6.45) is 0. The number of hydrogen-bond donors (Lipinski definition) is 1. The normalized spacial score (nSPS) is 11.5. The molecule has 0 fully saturated rings. The quantitative estimate of drug-likeness (QED) is 0.824. The molecule has 0 heterocycles. The maximum atomic E-state index is 6.01. The summed E-state index contributed by atoms with van der Waals surface area (Å²) in [5.74, 6) is 1.63. The highest BCUT2D eigenvalue weighted by atomic mass is 35.5. The smallest absolute Gasteiger partial charge is 0.127 e. The van der Waals surface area contributed by atoms with Crippen molar-refractivity contribution < 1.29 is 4.74 Å². The van der Waals surface area contributed by atoms with E-state index in [4.69, 9.17) is 16.3 Å². The summed E-state index contributed by atoms with van der Waals surface area (Å²) >= 11 is 6.01. The molecule has 0 saturated carbocycles. The Morgan fingerprint density at radius 3 is 2.19 bits per heavy atom. The molecule has 2 rings (SSSR count). The van der Waals surface area contributed by atoms with Gasteiger partial charge in [-0.2, -0.15) is 0 Å². The molecule has 0 aromatic heterocycles. The molecule has 2 nitrogen and oxygen atoms in total. The number of rotatable bonds is 4. The van der Waals surface area contributed by atoms with E-state index >= 15 is 0 Å². The Bertz CT molecular complexity index is 600. The highest BCUT2D eigenvalue weighted by Crippen LogP contribution is 2.26. The van der Waals surface area contributed by atoms with Gasteiger partial charge in [-0.25, -0.2) is 0 Å². The van der Waals surface area contributed by atoms with Gasteiger partial charge in [0.05, 0.1) is 0 Å². The van der Waals surface area contributed by atoms with Gasteiger partial charge in [0.2, 0.25) is 0 Å². The van der Waals surface area contributed by atoms with Crippen molar-refractivity contribution in [3.8, 4) is 11.5 Å². The first-order valence-electron chi connectivity index (χ1n) is 7.11. The van der Waals surface area contributed by atoms with Gasteiger partial charge >= 0.3 is 0 Å². The van der Waals surface area contributed by atoms with Crippen molar-refractivity contribution in [3.05, 3.63) is 58.6 Å². The van der Waals surface area contributed by atoms with Crippen LogP contribution in [0.25, 0.3) is 0 Å². The highest BCUT2D eigenvalue weighted by Gasteiger charge is 2.08. The van der Waals surface area contributed by atoms with Crippen molar-refractivity contribution in [3.63, 3.8) is 0 Å². The van der Waals surface area contributed by atoms with E-state index in [-0.39, 0.29) is 5.54 Å². The van der Waals surface area contributed by atoms with Gasteiger partial charge in [0.15, 0.2) is 0 Å². The molecule has 0 atom stereocenters. The van der Waals surface area contributed by atoms with Crippen molar-refractivity contribution in [1.82, 2.24) is 5.32 Å². The molecule has 0 aliphatic rings. The lowest BCUT2D eigenvalue weighted by Crippen LogP contribution is -2.34. The maximum absolute atomic E-state index is 6.01. The molecule has 2 aromatic carbocycles. The Morgan fingerprint density at radius 1 is 1.00 bits per heavy atom. The SMILES string of the molecule is Cc1cc(Oc2ccc(CNC(C)(C)C)cc2)ccc1Cl. The highest BCUT2D eigenvalue weighted by molar-refractivity contribution is 6.31. The summed E-state index contributed by atoms with van der Waals surface area (Å²) in [6.45, 7) is 9.30. The predicted octanol–water partition coefficient (Wildman–Crippen LogP) is 5.33. The van der Waals surface area contributed by atoms with Gasteiger partial charge in [0.1, 0.15) is 11.5 Å². The number of halogens is 1. The summed E-state index contributed by atoms with van der Waals surface area (Å²) in [7, 11) is 0. The molecule has 0 amide bonds. The lowest BCUT2D eigenvalue weighted by Gasteiger charge is -2.20. The Balaban J connectivity index is 2.00. The van der Waals surface area contributed by atoms with Crippen LogP contribution in [0, 0.1) is 6.92 Å². The van der Waals surface area contributed by atoms with Crippen molar-refractivity contribution in [2.45, 2.75) is 39.8 Å².